The Labute approximate surface area is 182 Å². The van der Waals surface area contributed by atoms with E-state index >= 15 is 0 Å². The summed E-state index contributed by atoms with van der Waals surface area (Å²) in [6, 6.07) is 4.19. The van der Waals surface area contributed by atoms with Gasteiger partial charge in [0.05, 0.1) is 18.3 Å². The first-order valence-electron chi connectivity index (χ1n) is 10.1. The smallest absolute Gasteiger partial charge is 0.322 e. The van der Waals surface area contributed by atoms with E-state index in [1.54, 1.807) is 34.1 Å². The quantitative estimate of drug-likeness (QED) is 0.799. The molecule has 0 bridgehead atoms. The predicted octanol–water partition coefficient (Wildman–Crippen LogP) is 3.23. The van der Waals surface area contributed by atoms with Crippen molar-refractivity contribution in [2.24, 2.45) is 11.1 Å². The molecule has 1 aliphatic rings. The molecule has 1 aliphatic heterocycles. The number of halogens is 1. The zero-order chi connectivity index (χ0) is 22.1. The number of urea groups is 1. The lowest BCUT2D eigenvalue weighted by molar-refractivity contribution is -0.133. The number of likely N-dealkylation sites (tertiary alicyclic amines) is 1. The summed E-state index contributed by atoms with van der Waals surface area (Å²) in [6.07, 6.45) is 4.82. The molecule has 8 nitrogen and oxygen atoms in total. The van der Waals surface area contributed by atoms with E-state index in [0.29, 0.717) is 22.8 Å². The van der Waals surface area contributed by atoms with Crippen molar-refractivity contribution in [2.75, 3.05) is 6.54 Å². The lowest BCUT2D eigenvalue weighted by atomic mass is 9.86. The van der Waals surface area contributed by atoms with Gasteiger partial charge in [-0.3, -0.25) is 9.69 Å². The van der Waals surface area contributed by atoms with Gasteiger partial charge in [0.25, 0.3) is 0 Å². The molecule has 3 amide bonds. The number of benzene rings is 1. The SMILES string of the molecule is C[C@@H]1CCCN1C(=O)N(Cc1cc(Cl)ccc1-n1cncn1)C(=O)[C@H](N)C(C)(C)C. The topological polar surface area (TPSA) is 97.4 Å². The lowest BCUT2D eigenvalue weighted by Gasteiger charge is -2.34. The standard InChI is InChI=1S/C21H29ClN6O2/c1-14-6-5-9-26(14)20(30)27(19(29)18(23)21(2,3)4)11-15-10-16(22)7-8-17(15)28-13-24-12-25-28/h7-8,10,12-14,18H,5-6,9,11,23H2,1-4H3/t14-,18+/m1/s1. The van der Waals surface area contributed by atoms with Crippen LogP contribution in [-0.4, -0.2) is 55.1 Å². The Morgan fingerprint density at radius 3 is 2.67 bits per heavy atom. The van der Waals surface area contributed by atoms with Gasteiger partial charge in [0, 0.05) is 17.6 Å². The minimum absolute atomic E-state index is 0.0421. The van der Waals surface area contributed by atoms with E-state index in [1.165, 1.54) is 11.2 Å². The Balaban J connectivity index is 2.00. The minimum atomic E-state index is -0.826. The number of aromatic nitrogens is 3. The van der Waals surface area contributed by atoms with Crippen molar-refractivity contribution in [2.45, 2.75) is 59.2 Å². The highest BCUT2D eigenvalue weighted by atomic mass is 35.5. The summed E-state index contributed by atoms with van der Waals surface area (Å²) in [5.41, 5.74) is 7.15. The predicted molar refractivity (Wildman–Crippen MR) is 115 cm³/mol. The molecule has 162 valence electrons. The first kappa shape index (κ1) is 22.2. The minimum Gasteiger partial charge on any atom is -0.322 e. The van der Waals surface area contributed by atoms with Gasteiger partial charge in [-0.25, -0.2) is 14.5 Å². The second-order valence-electron chi connectivity index (χ2n) is 8.85. The van der Waals surface area contributed by atoms with Crippen molar-refractivity contribution < 1.29 is 9.59 Å². The highest BCUT2D eigenvalue weighted by molar-refractivity contribution is 6.30. The molecule has 2 N–H and O–H groups in total. The highest BCUT2D eigenvalue weighted by Crippen LogP contribution is 2.26. The molecule has 0 spiro atoms. The summed E-state index contributed by atoms with van der Waals surface area (Å²) in [5, 5.41) is 4.68. The van der Waals surface area contributed by atoms with Gasteiger partial charge in [-0.15, -0.1) is 0 Å². The Hall–Kier alpha value is -2.45. The van der Waals surface area contributed by atoms with Crippen LogP contribution in [0.15, 0.2) is 30.9 Å². The number of carbonyl (C=O) groups is 2. The van der Waals surface area contributed by atoms with Crippen molar-refractivity contribution in [3.63, 3.8) is 0 Å². The summed E-state index contributed by atoms with van der Waals surface area (Å²) < 4.78 is 1.58. The average molecular weight is 433 g/mol. The van der Waals surface area contributed by atoms with Crippen LogP contribution in [0.25, 0.3) is 5.69 Å². The molecular weight excluding hydrogens is 404 g/mol. The molecule has 3 rings (SSSR count). The monoisotopic (exact) mass is 432 g/mol. The molecule has 0 saturated carbocycles. The van der Waals surface area contributed by atoms with Gasteiger partial charge in [-0.2, -0.15) is 5.10 Å². The number of imide groups is 1. The van der Waals surface area contributed by atoms with Crippen LogP contribution in [0.5, 0.6) is 0 Å². The van der Waals surface area contributed by atoms with Gasteiger partial charge >= 0.3 is 6.03 Å². The maximum atomic E-state index is 13.4. The van der Waals surface area contributed by atoms with Crippen molar-refractivity contribution in [1.82, 2.24) is 24.6 Å². The molecule has 1 aromatic carbocycles. The third-order valence-corrected chi connectivity index (χ3v) is 5.77. The first-order chi connectivity index (χ1) is 14.1. The molecule has 0 unspecified atom stereocenters. The third-order valence-electron chi connectivity index (χ3n) is 5.53. The van der Waals surface area contributed by atoms with Crippen molar-refractivity contribution in [3.8, 4) is 5.69 Å². The van der Waals surface area contributed by atoms with E-state index in [-0.39, 0.29) is 18.6 Å². The van der Waals surface area contributed by atoms with Crippen LogP contribution in [0.4, 0.5) is 4.79 Å². The Bertz CT molecular complexity index is 895. The van der Waals surface area contributed by atoms with Crippen molar-refractivity contribution >= 4 is 23.5 Å². The van der Waals surface area contributed by atoms with E-state index < -0.39 is 17.4 Å². The molecule has 0 aliphatic carbocycles. The summed E-state index contributed by atoms with van der Waals surface area (Å²) in [6.45, 7) is 8.32. The van der Waals surface area contributed by atoms with E-state index in [1.807, 2.05) is 27.7 Å². The fraction of sp³-hybridized carbons (Fsp3) is 0.524. The highest BCUT2D eigenvalue weighted by Gasteiger charge is 2.38. The normalized spacial score (nSPS) is 17.8. The van der Waals surface area contributed by atoms with E-state index in [4.69, 9.17) is 17.3 Å². The molecule has 1 saturated heterocycles. The summed E-state index contributed by atoms with van der Waals surface area (Å²) >= 11 is 6.24. The number of hydrogen-bond acceptors (Lipinski definition) is 5. The van der Waals surface area contributed by atoms with Crippen LogP contribution >= 0.6 is 11.6 Å². The molecule has 1 aromatic heterocycles. The van der Waals surface area contributed by atoms with Crippen molar-refractivity contribution in [1.29, 1.82) is 0 Å². The average Bonchev–Trinajstić information content (AvgIpc) is 3.35. The second kappa shape index (κ2) is 8.73. The van der Waals surface area contributed by atoms with Gasteiger partial charge < -0.3 is 10.6 Å². The maximum absolute atomic E-state index is 13.4. The first-order valence-corrected chi connectivity index (χ1v) is 10.5. The van der Waals surface area contributed by atoms with Crippen molar-refractivity contribution in [3.05, 3.63) is 41.4 Å². The van der Waals surface area contributed by atoms with Crippen LogP contribution in [0.3, 0.4) is 0 Å². The van der Waals surface area contributed by atoms with Gasteiger partial charge in [-0.1, -0.05) is 32.4 Å². The Kier molecular flexibility index (Phi) is 6.47. The zero-order valence-electron chi connectivity index (χ0n) is 17.9. The molecule has 2 heterocycles. The van der Waals surface area contributed by atoms with Gasteiger partial charge in [0.15, 0.2) is 0 Å². The molecular formula is C21H29ClN6O2. The number of amides is 3. The molecule has 2 aromatic rings. The number of hydrogen-bond donors (Lipinski definition) is 1. The van der Waals surface area contributed by atoms with Gasteiger partial charge in [0.1, 0.15) is 12.7 Å². The summed E-state index contributed by atoms with van der Waals surface area (Å²) in [7, 11) is 0. The van der Waals surface area contributed by atoms with E-state index in [9.17, 15) is 9.59 Å². The summed E-state index contributed by atoms with van der Waals surface area (Å²) in [4.78, 5) is 33.8. The zero-order valence-corrected chi connectivity index (χ0v) is 18.6. The molecule has 2 atom stereocenters. The molecule has 30 heavy (non-hydrogen) atoms. The van der Waals surface area contributed by atoms with Gasteiger partial charge in [-0.05, 0) is 48.9 Å². The van der Waals surface area contributed by atoms with Crippen LogP contribution < -0.4 is 5.73 Å². The van der Waals surface area contributed by atoms with Crippen LogP contribution in [0, 0.1) is 5.41 Å². The number of nitrogens with two attached hydrogens (primary N) is 1. The van der Waals surface area contributed by atoms with E-state index in [2.05, 4.69) is 10.1 Å². The second-order valence-corrected chi connectivity index (χ2v) is 9.28. The fourth-order valence-electron chi connectivity index (χ4n) is 3.56. The Morgan fingerprint density at radius 2 is 2.10 bits per heavy atom. The molecule has 9 heteroatoms. The third kappa shape index (κ3) is 4.65. The summed E-state index contributed by atoms with van der Waals surface area (Å²) in [5.74, 6) is -0.406. The maximum Gasteiger partial charge on any atom is 0.327 e. The van der Waals surface area contributed by atoms with Crippen LogP contribution in [-0.2, 0) is 11.3 Å². The molecule has 1 fully saturated rings. The number of carbonyl (C=O) groups excluding carboxylic acids is 2. The van der Waals surface area contributed by atoms with E-state index in [0.717, 1.165) is 12.8 Å². The number of rotatable bonds is 4. The lowest BCUT2D eigenvalue weighted by Crippen LogP contribution is -2.55. The number of nitrogens with zero attached hydrogens (tertiary/aromatic N) is 5. The van der Waals surface area contributed by atoms with Crippen LogP contribution in [0.2, 0.25) is 5.02 Å². The Morgan fingerprint density at radius 1 is 1.37 bits per heavy atom. The largest absolute Gasteiger partial charge is 0.327 e. The molecule has 0 radical (unpaired) electrons. The van der Waals surface area contributed by atoms with Gasteiger partial charge in [0.2, 0.25) is 5.91 Å². The fourth-order valence-corrected chi connectivity index (χ4v) is 3.75. The van der Waals surface area contributed by atoms with Crippen LogP contribution in [0.1, 0.15) is 46.1 Å².